The first-order valence-electron chi connectivity index (χ1n) is 9.05. The fraction of sp³-hybridized carbons (Fsp3) is 0.368. The molecule has 5 rings (SSSR count). The van der Waals surface area contributed by atoms with Crippen LogP contribution in [0, 0.1) is 0 Å². The van der Waals surface area contributed by atoms with E-state index in [2.05, 4.69) is 25.3 Å². The molecule has 8 nitrogen and oxygen atoms in total. The molecule has 0 saturated carbocycles. The van der Waals surface area contributed by atoms with Crippen molar-refractivity contribution in [1.29, 1.82) is 0 Å². The van der Waals surface area contributed by atoms with Crippen molar-refractivity contribution in [2.24, 2.45) is 7.05 Å². The number of fused-ring (bicyclic) bond motifs is 3. The van der Waals surface area contributed by atoms with Crippen molar-refractivity contribution in [3.8, 4) is 11.1 Å². The van der Waals surface area contributed by atoms with Gasteiger partial charge >= 0.3 is 0 Å². The molecule has 138 valence electrons. The van der Waals surface area contributed by atoms with Crippen LogP contribution in [0.3, 0.4) is 0 Å². The number of aryl methyl sites for hydroxylation is 1. The van der Waals surface area contributed by atoms with Crippen molar-refractivity contribution in [2.75, 3.05) is 25.0 Å². The molecule has 4 heterocycles. The van der Waals surface area contributed by atoms with Crippen LogP contribution in [0.4, 0.5) is 5.95 Å². The number of benzene rings is 1. The second-order valence-electron chi connectivity index (χ2n) is 7.19. The molecule has 2 fully saturated rings. The van der Waals surface area contributed by atoms with Gasteiger partial charge in [-0.05, 0) is 18.1 Å². The quantitative estimate of drug-likeness (QED) is 0.754. The number of likely N-dealkylation sites (tertiary alicyclic amines) is 1. The van der Waals surface area contributed by atoms with Crippen LogP contribution in [0.5, 0.6) is 0 Å². The predicted octanol–water partition coefficient (Wildman–Crippen LogP) is 1.44. The molecule has 2 bridgehead atoms. The molecule has 1 amide bonds. The van der Waals surface area contributed by atoms with E-state index in [-0.39, 0.29) is 12.0 Å². The summed E-state index contributed by atoms with van der Waals surface area (Å²) >= 11 is 0. The van der Waals surface area contributed by atoms with Gasteiger partial charge in [-0.3, -0.25) is 19.7 Å². The smallest absolute Gasteiger partial charge is 0.240 e. The van der Waals surface area contributed by atoms with Crippen LogP contribution in [0.2, 0.25) is 0 Å². The fourth-order valence-corrected chi connectivity index (χ4v) is 3.85. The van der Waals surface area contributed by atoms with Gasteiger partial charge in [0.25, 0.3) is 0 Å². The van der Waals surface area contributed by atoms with Gasteiger partial charge in [-0.25, -0.2) is 9.97 Å². The average Bonchev–Trinajstić information content (AvgIpc) is 3.38. The Morgan fingerprint density at radius 2 is 2.26 bits per heavy atom. The third-order valence-electron chi connectivity index (χ3n) is 5.23. The Kier molecular flexibility index (Phi) is 3.87. The Bertz CT molecular complexity index is 1020. The molecular weight excluding hydrogens is 344 g/mol. The van der Waals surface area contributed by atoms with Crippen molar-refractivity contribution < 1.29 is 9.53 Å². The molecule has 2 saturated heterocycles. The molecule has 1 aromatic carbocycles. The highest BCUT2D eigenvalue weighted by molar-refractivity contribution is 5.92. The number of nitrogens with one attached hydrogen (secondary N) is 1. The number of hydrogen-bond acceptors (Lipinski definition) is 6. The number of rotatable bonds is 4. The minimum absolute atomic E-state index is 0.0923. The van der Waals surface area contributed by atoms with Crippen LogP contribution in [-0.2, 0) is 16.6 Å². The van der Waals surface area contributed by atoms with Gasteiger partial charge in [0, 0.05) is 43.0 Å². The first-order valence-corrected chi connectivity index (χ1v) is 9.05. The van der Waals surface area contributed by atoms with Gasteiger partial charge in [-0.2, -0.15) is 5.10 Å². The Morgan fingerprint density at radius 1 is 1.33 bits per heavy atom. The Morgan fingerprint density at radius 3 is 3.00 bits per heavy atom. The summed E-state index contributed by atoms with van der Waals surface area (Å²) in [6, 6.07) is 6.34. The van der Waals surface area contributed by atoms with E-state index in [1.54, 1.807) is 10.9 Å². The van der Waals surface area contributed by atoms with Gasteiger partial charge in [-0.15, -0.1) is 0 Å². The number of carbonyl (C=O) groups excluding carboxylic acids is 1. The average molecular weight is 364 g/mol. The van der Waals surface area contributed by atoms with E-state index in [9.17, 15) is 4.79 Å². The van der Waals surface area contributed by atoms with Crippen molar-refractivity contribution >= 4 is 22.8 Å². The largest absolute Gasteiger partial charge is 0.375 e. The Hall–Kier alpha value is -2.84. The lowest BCUT2D eigenvalue weighted by molar-refractivity contribution is -0.118. The Labute approximate surface area is 156 Å². The first kappa shape index (κ1) is 16.3. The molecule has 0 spiro atoms. The summed E-state index contributed by atoms with van der Waals surface area (Å²) in [6.45, 7) is 1.90. The predicted molar refractivity (Wildman–Crippen MR) is 100 cm³/mol. The van der Waals surface area contributed by atoms with Crippen LogP contribution in [0.25, 0.3) is 22.0 Å². The van der Waals surface area contributed by atoms with Crippen LogP contribution < -0.4 is 5.32 Å². The molecule has 2 aliphatic heterocycles. The molecule has 0 unspecified atom stereocenters. The fourth-order valence-electron chi connectivity index (χ4n) is 3.85. The first-order chi connectivity index (χ1) is 13.1. The molecular formula is C19H20N6O2. The lowest BCUT2D eigenvalue weighted by Crippen LogP contribution is -2.42. The van der Waals surface area contributed by atoms with Crippen LogP contribution in [-0.4, -0.2) is 62.4 Å². The van der Waals surface area contributed by atoms with Crippen molar-refractivity contribution in [1.82, 2.24) is 24.6 Å². The van der Waals surface area contributed by atoms with Gasteiger partial charge in [0.2, 0.25) is 11.9 Å². The summed E-state index contributed by atoms with van der Waals surface area (Å²) in [6.07, 6.45) is 6.82. The van der Waals surface area contributed by atoms with Crippen LogP contribution >= 0.6 is 0 Å². The Balaban J connectivity index is 1.33. The van der Waals surface area contributed by atoms with E-state index in [4.69, 9.17) is 4.74 Å². The molecule has 2 aromatic heterocycles. The summed E-state index contributed by atoms with van der Waals surface area (Å²) in [4.78, 5) is 23.3. The number of ether oxygens (including phenoxy) is 1. The summed E-state index contributed by atoms with van der Waals surface area (Å²) < 4.78 is 7.34. The van der Waals surface area contributed by atoms with Crippen LogP contribution in [0.15, 0.2) is 36.8 Å². The van der Waals surface area contributed by atoms with Gasteiger partial charge in [0.1, 0.15) is 0 Å². The summed E-state index contributed by atoms with van der Waals surface area (Å²) in [5.74, 6) is 0.238. The lowest BCUT2D eigenvalue weighted by Gasteiger charge is -2.25. The van der Waals surface area contributed by atoms with Gasteiger partial charge in [0.15, 0.2) is 0 Å². The standard InChI is InChI=1S/C19H20N6O2/c1-24-8-14(7-21-24)12-2-3-13-6-20-19(22-17(13)4-12)23-18(26)10-25-9-16-5-15(25)11-27-16/h2-4,6-8,15-16H,5,9-11H2,1H3,(H,20,22,23,26)/t15-,16-/m1/s1. The minimum Gasteiger partial charge on any atom is -0.375 e. The van der Waals surface area contributed by atoms with Crippen LogP contribution in [0.1, 0.15) is 6.42 Å². The van der Waals surface area contributed by atoms with Crippen molar-refractivity contribution in [3.05, 3.63) is 36.8 Å². The van der Waals surface area contributed by atoms with Gasteiger partial charge < -0.3 is 4.74 Å². The van der Waals surface area contributed by atoms with E-state index in [0.717, 1.165) is 41.6 Å². The van der Waals surface area contributed by atoms with Gasteiger partial charge in [0.05, 0.1) is 31.0 Å². The zero-order valence-corrected chi connectivity index (χ0v) is 15.0. The second kappa shape index (κ2) is 6.40. The maximum absolute atomic E-state index is 12.4. The van der Waals surface area contributed by atoms with E-state index >= 15 is 0 Å². The minimum atomic E-state index is -0.0923. The highest BCUT2D eigenvalue weighted by Crippen LogP contribution is 2.27. The highest BCUT2D eigenvalue weighted by Gasteiger charge is 2.39. The normalized spacial score (nSPS) is 21.8. The van der Waals surface area contributed by atoms with Gasteiger partial charge in [-0.1, -0.05) is 12.1 Å². The number of hydrogen-bond donors (Lipinski definition) is 1. The topological polar surface area (TPSA) is 85.2 Å². The van der Waals surface area contributed by atoms with E-state index < -0.39 is 0 Å². The molecule has 8 heteroatoms. The maximum atomic E-state index is 12.4. The highest BCUT2D eigenvalue weighted by atomic mass is 16.5. The van der Waals surface area contributed by atoms with E-state index in [1.807, 2.05) is 37.6 Å². The zero-order valence-electron chi connectivity index (χ0n) is 15.0. The number of nitrogens with zero attached hydrogens (tertiary/aromatic N) is 5. The molecule has 27 heavy (non-hydrogen) atoms. The third-order valence-corrected chi connectivity index (χ3v) is 5.23. The monoisotopic (exact) mass is 364 g/mol. The lowest BCUT2D eigenvalue weighted by atomic mass is 10.1. The van der Waals surface area contributed by atoms with Crippen molar-refractivity contribution in [2.45, 2.75) is 18.6 Å². The van der Waals surface area contributed by atoms with E-state index in [1.165, 1.54) is 0 Å². The molecule has 2 atom stereocenters. The third kappa shape index (κ3) is 3.17. The van der Waals surface area contributed by atoms with Crippen molar-refractivity contribution in [3.63, 3.8) is 0 Å². The number of aromatic nitrogens is 4. The number of morpholine rings is 1. The summed E-state index contributed by atoms with van der Waals surface area (Å²) in [5, 5.41) is 7.96. The molecule has 1 N–H and O–H groups in total. The van der Waals surface area contributed by atoms with E-state index in [0.29, 0.717) is 18.5 Å². The molecule has 0 radical (unpaired) electrons. The maximum Gasteiger partial charge on any atom is 0.240 e. The molecule has 3 aromatic rings. The number of anilines is 1. The number of amides is 1. The second-order valence-corrected chi connectivity index (χ2v) is 7.19. The summed E-state index contributed by atoms with van der Waals surface area (Å²) in [7, 11) is 1.89. The molecule has 2 aliphatic rings. The number of carbonyl (C=O) groups is 1. The summed E-state index contributed by atoms with van der Waals surface area (Å²) in [5.41, 5.74) is 2.84. The zero-order chi connectivity index (χ0) is 18.4. The SMILES string of the molecule is Cn1cc(-c2ccc3cnc(NC(=O)CN4C[C@H]5C[C@@H]4CO5)nc3c2)cn1. The molecule has 0 aliphatic carbocycles.